The van der Waals surface area contributed by atoms with E-state index in [0.29, 0.717) is 107 Å². The number of imidazole rings is 5. The normalized spacial score (nSPS) is 16.1. The summed E-state index contributed by atoms with van der Waals surface area (Å²) in [5.74, 6) is 3.12. The second-order valence-electron chi connectivity index (χ2n) is 26.8. The highest BCUT2D eigenvalue weighted by molar-refractivity contribution is 7.24. The van der Waals surface area contributed by atoms with E-state index >= 15 is 0 Å². The lowest BCUT2D eigenvalue weighted by Gasteiger charge is -2.02. The zero-order valence-electron chi connectivity index (χ0n) is 75.0. The quantitative estimate of drug-likeness (QED) is 0.143. The molecular formula is C84H67N22OS+5. The lowest BCUT2D eigenvalue weighted by atomic mass is 10.2. The van der Waals surface area contributed by atoms with Crippen molar-refractivity contribution < 1.29 is 51.9 Å². The summed E-state index contributed by atoms with van der Waals surface area (Å²) in [6, 6.07) is 50.8. The summed E-state index contributed by atoms with van der Waals surface area (Å²) in [5, 5.41) is 4.38. The summed E-state index contributed by atoms with van der Waals surface area (Å²) in [4.78, 5) is 41.3. The van der Waals surface area contributed by atoms with Crippen LogP contribution in [-0.4, -0.2) is 81.4 Å². The van der Waals surface area contributed by atoms with Gasteiger partial charge in [-0.15, -0.1) is 0 Å². The topological polar surface area (TPSA) is 188 Å². The molecule has 2 aromatic carbocycles. The molecule has 23 nitrogen and oxygen atoms in total. The number of furan rings is 1. The van der Waals surface area contributed by atoms with Gasteiger partial charge in [-0.05, 0) is 133 Å². The van der Waals surface area contributed by atoms with E-state index in [1.54, 1.807) is 74.0 Å². The molecule has 24 heteroatoms. The summed E-state index contributed by atoms with van der Waals surface area (Å²) >= 11 is 1.42. The zero-order valence-corrected chi connectivity index (χ0v) is 57.8. The molecule has 24 heterocycles. The van der Waals surface area contributed by atoms with Crippen molar-refractivity contribution in [3.63, 3.8) is 0 Å². The Morgan fingerprint density at radius 3 is 1.32 bits per heavy atom. The molecule has 0 aliphatic carbocycles. The fourth-order valence-electron chi connectivity index (χ4n) is 16.8. The van der Waals surface area contributed by atoms with Crippen LogP contribution in [0, 0.1) is 0 Å². The van der Waals surface area contributed by atoms with Crippen molar-refractivity contribution in [2.45, 2.75) is 32.7 Å². The number of thiophene rings is 1. The van der Waals surface area contributed by atoms with Gasteiger partial charge in [0, 0.05) is 55.8 Å². The van der Waals surface area contributed by atoms with Gasteiger partial charge in [0.15, 0.2) is 22.1 Å². The lowest BCUT2D eigenvalue weighted by Crippen LogP contribution is -2.31. The number of hydrogen-bond acceptors (Lipinski definition) is 11. The number of pyridine rings is 9. The molecule has 108 heavy (non-hydrogen) atoms. The van der Waals surface area contributed by atoms with Gasteiger partial charge >= 0.3 is 5.71 Å². The third-order valence-electron chi connectivity index (χ3n) is 21.2. The van der Waals surface area contributed by atoms with Gasteiger partial charge in [-0.2, -0.15) is 4.57 Å². The third-order valence-corrected chi connectivity index (χ3v) is 22.3. The van der Waals surface area contributed by atoms with Crippen molar-refractivity contribution in [2.75, 3.05) is 0 Å². The van der Waals surface area contributed by atoms with Gasteiger partial charge in [0.2, 0.25) is 44.8 Å². The predicted molar refractivity (Wildman–Crippen MR) is 413 cm³/mol. The maximum absolute atomic E-state index is 8.34. The average Bonchev–Trinajstić information content (AvgIpc) is 1.53. The second kappa shape index (κ2) is 23.1. The van der Waals surface area contributed by atoms with Gasteiger partial charge in [-0.25, -0.2) is 70.2 Å². The molecule has 0 saturated carbocycles. The van der Waals surface area contributed by atoms with Crippen LogP contribution in [0.5, 0.6) is 0 Å². The Kier molecular flexibility index (Phi) is 9.89. The Morgan fingerprint density at radius 1 is 0.352 bits per heavy atom. The van der Waals surface area contributed by atoms with Gasteiger partial charge in [0.05, 0.1) is 157 Å². The largest absolute Gasteiger partial charge is 0.400 e. The molecule has 19 aromatic heterocycles. The maximum atomic E-state index is 8.34. The highest BCUT2D eigenvalue weighted by Crippen LogP contribution is 2.43. The summed E-state index contributed by atoms with van der Waals surface area (Å²) in [6.45, 7) is -11.7. The molecule has 0 atom stereocenters. The molecule has 26 rings (SSSR count). The number of para-hydroxylation sites is 2. The number of aryl methyl sites for hydroxylation is 7. The Morgan fingerprint density at radius 2 is 0.759 bits per heavy atom. The number of benzene rings is 2. The lowest BCUT2D eigenvalue weighted by molar-refractivity contribution is -0.640. The second-order valence-corrected chi connectivity index (χ2v) is 27.8. The summed E-state index contributed by atoms with van der Waals surface area (Å²) in [5.41, 5.74) is 17.6. The number of rotatable bonds is 1. The Bertz CT molecular complexity index is 7990. The predicted octanol–water partition coefficient (Wildman–Crippen LogP) is 11.9. The molecule has 0 fully saturated rings. The fraction of sp³-hybridized carbons (Fsp3) is 0.143. The van der Waals surface area contributed by atoms with E-state index in [1.165, 1.54) is 34.2 Å². The SMILES string of the molecule is [2H]C([2H])([2H])[n+]1c2n(c3c4cccnc4n(-c4ccccc4)c31)Cc1ncccc1-2.[2H]C([2H])([2H])[n+]1c2n(c3c4cccnc4n(C)c31)Cc1ncccc1-2.[2H]C([2H])([2H])[n+]1c2n(c3c4cccnc4oc31)Cc1ncccc1-2.[2H]C([2H])([2H])[n+]1c2n(c3c4cccnc4sc31)Cc1ncccc1-2.[2H]C([2H])([2H])n1c2ccccc2c2c1[n+](C([2H])([2H])[2H])c1n2Cc2ncccc2-1. The van der Waals surface area contributed by atoms with Crippen molar-refractivity contribution in [1.82, 2.24) is 81.4 Å². The van der Waals surface area contributed by atoms with Crippen LogP contribution in [0.3, 0.4) is 0 Å². The molecule has 520 valence electrons. The fourth-order valence-corrected chi connectivity index (χ4v) is 17.8. The highest BCUT2D eigenvalue weighted by atomic mass is 32.1. The molecule has 0 spiro atoms. The minimum atomic E-state index is -2.55. The van der Waals surface area contributed by atoms with Crippen molar-refractivity contribution in [3.8, 4) is 62.6 Å². The highest BCUT2D eigenvalue weighted by Gasteiger charge is 2.42. The monoisotopic (exact) mass is 1450 g/mol. The van der Waals surface area contributed by atoms with Crippen LogP contribution in [0.1, 0.15) is 53.1 Å². The third kappa shape index (κ3) is 8.52. The van der Waals surface area contributed by atoms with E-state index in [1.807, 2.05) is 175 Å². The van der Waals surface area contributed by atoms with E-state index in [0.717, 1.165) is 126 Å². The van der Waals surface area contributed by atoms with Crippen LogP contribution in [0.15, 0.2) is 224 Å². The molecule has 21 aromatic rings. The van der Waals surface area contributed by atoms with Crippen LogP contribution >= 0.6 is 11.3 Å². The molecule has 0 bridgehead atoms. The first kappa shape index (κ1) is 46.2. The molecule has 0 radical (unpaired) electrons. The van der Waals surface area contributed by atoms with Gasteiger partial charge in [-0.3, -0.25) is 29.5 Å². The van der Waals surface area contributed by atoms with Crippen LogP contribution in [0.25, 0.3) is 172 Å². The average molecular weight is 1450 g/mol. The first-order valence-corrected chi connectivity index (χ1v) is 35.5. The van der Waals surface area contributed by atoms with E-state index in [9.17, 15) is 0 Å². The van der Waals surface area contributed by atoms with Crippen LogP contribution in [0.4, 0.5) is 0 Å². The Hall–Kier alpha value is -13.7. The number of aromatic nitrogens is 22. The number of hydrogen-bond donors (Lipinski definition) is 0. The van der Waals surface area contributed by atoms with E-state index in [4.69, 9.17) is 29.1 Å². The minimum Gasteiger partial charge on any atom is -0.400 e. The summed E-state index contributed by atoms with van der Waals surface area (Å²) in [7, 11) is 1.86. The van der Waals surface area contributed by atoms with E-state index < -0.39 is 41.9 Å². The van der Waals surface area contributed by atoms with Crippen LogP contribution in [0.2, 0.25) is 0 Å². The van der Waals surface area contributed by atoms with Gasteiger partial charge < -0.3 is 4.42 Å². The molecule has 5 aliphatic rings. The first-order chi connectivity index (χ1) is 60.3. The van der Waals surface area contributed by atoms with Crippen molar-refractivity contribution >= 4 is 121 Å². The van der Waals surface area contributed by atoms with Crippen LogP contribution in [-0.2, 0) is 81.6 Å². The summed E-state index contributed by atoms with van der Waals surface area (Å²) in [6.07, 6.45) is 15.5. The summed E-state index contributed by atoms with van der Waals surface area (Å²) < 4.78 is 173. The molecule has 0 N–H and O–H groups in total. The van der Waals surface area contributed by atoms with Gasteiger partial charge in [0.25, 0.3) is 28.6 Å². The van der Waals surface area contributed by atoms with Gasteiger partial charge in [0.1, 0.15) is 48.8 Å². The number of nitrogens with zero attached hydrogens (tertiary/aromatic N) is 22. The minimum absolute atomic E-state index is 0.181. The molecule has 5 aliphatic heterocycles. The molecule has 0 saturated heterocycles. The van der Waals surface area contributed by atoms with Crippen molar-refractivity contribution in [1.29, 1.82) is 0 Å². The molecule has 0 amide bonds. The maximum Gasteiger partial charge on any atom is 0.340 e. The Labute approximate surface area is 643 Å². The van der Waals surface area contributed by atoms with Gasteiger partial charge in [-0.1, -0.05) is 41.7 Å². The first-order valence-electron chi connectivity index (χ1n) is 43.7. The van der Waals surface area contributed by atoms with E-state index in [-0.39, 0.29) is 5.65 Å². The number of fused-ring (bicyclic) bond motifs is 35. The standard InChI is InChI=1S/C21H16N5.C17H15N4.C16H14N5.C15H11N4O.C15H11N4S/c1-24-20-15-9-5-11-22-17(15)13-25(20)18-16-10-6-12-23-19(16)26(21(18)24)14-7-3-2-4-8-14;1-19-14-8-4-3-6-12(14)15-17(19)20(2)16-11-7-5-9-18-13(11)10-21(15)16;1-19-14-11(6-4-8-18-14)13-16(19)20(2)15-10-5-3-7-17-12(10)9-21(13)15;2*1-18-14-9-4-2-6-16-11(9)8-19(14)12-10-5-3-7-17-13(10)20-15(12)18/h2-12H,13H2,1H3;3-9H,10H2,1-2H3;3-8H,9H2,1-2H3;2*2-7H,8H2,1H3/q5*+1/i1D3;1D3,2D3;2D3;2*1D3. The molecular weight excluding hydrogens is 1370 g/mol. The Balaban J connectivity index is 0.0000000935. The molecule has 0 unspecified atom stereocenters. The zero-order chi connectivity index (χ0) is 87.1. The van der Waals surface area contributed by atoms with Crippen LogP contribution < -0.4 is 22.8 Å². The van der Waals surface area contributed by atoms with E-state index in [2.05, 4.69) is 54.0 Å². The van der Waals surface area contributed by atoms with Crippen molar-refractivity contribution in [3.05, 3.63) is 248 Å². The smallest absolute Gasteiger partial charge is 0.340 e. The van der Waals surface area contributed by atoms with Crippen molar-refractivity contribution in [2.24, 2.45) is 48.9 Å².